The van der Waals surface area contributed by atoms with Crippen LogP contribution in [0.2, 0.25) is 0 Å². The first-order valence-electron chi connectivity index (χ1n) is 6.43. The van der Waals surface area contributed by atoms with Gasteiger partial charge in [-0.05, 0) is 12.1 Å². The monoisotopic (exact) mass is 224 g/mol. The lowest BCUT2D eigenvalue weighted by Gasteiger charge is -2.08. The van der Waals surface area contributed by atoms with E-state index in [1.165, 1.54) is 11.4 Å². The van der Waals surface area contributed by atoms with E-state index in [9.17, 15) is 0 Å². The van der Waals surface area contributed by atoms with Gasteiger partial charge in [0.15, 0.2) is 0 Å². The second-order valence-corrected chi connectivity index (χ2v) is 2.51. The number of fused-ring (bicyclic) bond motifs is 1. The zero-order chi connectivity index (χ0) is 13.0. The smallest absolute Gasteiger partial charge is 0.0637 e. The minimum atomic E-state index is 0.955. The van der Waals surface area contributed by atoms with E-state index < -0.39 is 0 Å². The van der Waals surface area contributed by atoms with Gasteiger partial charge in [-0.15, -0.1) is 0 Å². The molecule has 0 unspecified atom stereocenters. The largest absolute Gasteiger partial charge is 0.380 e. The average molecular weight is 224 g/mol. The Morgan fingerprint density at radius 2 is 1.62 bits per heavy atom. The van der Waals surface area contributed by atoms with Gasteiger partial charge >= 0.3 is 0 Å². The van der Waals surface area contributed by atoms with E-state index in [4.69, 9.17) is 0 Å². The molecule has 0 amide bonds. The summed E-state index contributed by atoms with van der Waals surface area (Å²) in [5, 5.41) is 3.28. The molecule has 1 N–H and O–H groups in total. The summed E-state index contributed by atoms with van der Waals surface area (Å²) in [6.07, 6.45) is 6.33. The molecule has 94 valence electrons. The van der Waals surface area contributed by atoms with Crippen molar-refractivity contribution in [2.45, 2.75) is 41.5 Å². The summed E-state index contributed by atoms with van der Waals surface area (Å²) in [6, 6.07) is 2.10. The Bertz CT molecular complexity index is 272. The van der Waals surface area contributed by atoms with Crippen LogP contribution in [0.5, 0.6) is 0 Å². The lowest BCUT2D eigenvalue weighted by atomic mass is 10.2. The molecule has 1 aliphatic heterocycles. The van der Waals surface area contributed by atoms with Crippen molar-refractivity contribution < 1.29 is 0 Å². The third kappa shape index (κ3) is 5.06. The maximum absolute atomic E-state index is 3.28. The average Bonchev–Trinajstić information content (AvgIpc) is 2.79. The van der Waals surface area contributed by atoms with Gasteiger partial charge < -0.3 is 9.88 Å². The molecule has 2 heteroatoms. The van der Waals surface area contributed by atoms with Crippen LogP contribution in [-0.4, -0.2) is 11.1 Å². The molecule has 0 aromatic carbocycles. The highest BCUT2D eigenvalue weighted by atomic mass is 15.0. The SMILES string of the molecule is CC.CC.CC.Cn1ccc2c1C=CCN2. The van der Waals surface area contributed by atoms with Crippen molar-refractivity contribution in [3.8, 4) is 0 Å². The standard InChI is InChI=1S/C8H10N2.3C2H6/c1-10-6-4-7-8(10)3-2-5-9-7;3*1-2/h2-4,6,9H,5H2,1H3;3*1-2H3. The fourth-order valence-electron chi connectivity index (χ4n) is 1.24. The molecule has 2 rings (SSSR count). The van der Waals surface area contributed by atoms with Crippen molar-refractivity contribution >= 4 is 11.8 Å². The number of hydrogen-bond acceptors (Lipinski definition) is 1. The number of rotatable bonds is 0. The van der Waals surface area contributed by atoms with Crippen molar-refractivity contribution in [1.29, 1.82) is 0 Å². The van der Waals surface area contributed by atoms with Crippen molar-refractivity contribution in [3.05, 3.63) is 24.0 Å². The van der Waals surface area contributed by atoms with Crippen LogP contribution < -0.4 is 5.32 Å². The van der Waals surface area contributed by atoms with E-state index in [1.54, 1.807) is 0 Å². The minimum absolute atomic E-state index is 0.955. The molecule has 1 aromatic heterocycles. The summed E-state index contributed by atoms with van der Waals surface area (Å²) in [5.41, 5.74) is 2.51. The second-order valence-electron chi connectivity index (χ2n) is 2.51. The van der Waals surface area contributed by atoms with Crippen LogP contribution in [0.3, 0.4) is 0 Å². The van der Waals surface area contributed by atoms with Gasteiger partial charge in [-0.25, -0.2) is 0 Å². The lowest BCUT2D eigenvalue weighted by molar-refractivity contribution is 0.912. The van der Waals surface area contributed by atoms with Crippen molar-refractivity contribution in [2.24, 2.45) is 7.05 Å². The Hall–Kier alpha value is -1.18. The molecular weight excluding hydrogens is 196 g/mol. The van der Waals surface area contributed by atoms with Gasteiger partial charge in [0.1, 0.15) is 0 Å². The molecule has 0 atom stereocenters. The Labute approximate surface area is 101 Å². The van der Waals surface area contributed by atoms with Gasteiger partial charge in [0, 0.05) is 19.8 Å². The van der Waals surface area contributed by atoms with E-state index >= 15 is 0 Å². The van der Waals surface area contributed by atoms with Gasteiger partial charge in [0.05, 0.1) is 11.4 Å². The Morgan fingerprint density at radius 1 is 1.06 bits per heavy atom. The number of aromatic nitrogens is 1. The van der Waals surface area contributed by atoms with Crippen LogP contribution in [0.1, 0.15) is 47.2 Å². The quantitative estimate of drug-likeness (QED) is 0.684. The molecule has 0 radical (unpaired) electrons. The Morgan fingerprint density at radius 3 is 2.12 bits per heavy atom. The first kappa shape index (κ1) is 17.2. The lowest BCUT2D eigenvalue weighted by Crippen LogP contribution is -2.04. The molecule has 2 heterocycles. The first-order valence-corrected chi connectivity index (χ1v) is 6.43. The molecule has 0 fully saturated rings. The molecule has 0 spiro atoms. The highest BCUT2D eigenvalue weighted by molar-refractivity contribution is 5.67. The molecule has 16 heavy (non-hydrogen) atoms. The van der Waals surface area contributed by atoms with Crippen molar-refractivity contribution in [1.82, 2.24) is 4.57 Å². The fraction of sp³-hybridized carbons (Fsp3) is 0.571. The summed E-state index contributed by atoms with van der Waals surface area (Å²) in [5.74, 6) is 0. The maximum Gasteiger partial charge on any atom is 0.0637 e. The fourth-order valence-corrected chi connectivity index (χ4v) is 1.24. The number of anilines is 1. The van der Waals surface area contributed by atoms with Crippen LogP contribution in [0, 0.1) is 0 Å². The van der Waals surface area contributed by atoms with Crippen LogP contribution in [0.25, 0.3) is 6.08 Å². The molecule has 0 saturated heterocycles. The summed E-state index contributed by atoms with van der Waals surface area (Å²) in [7, 11) is 2.05. The zero-order valence-electron chi connectivity index (χ0n) is 12.0. The van der Waals surface area contributed by atoms with E-state index in [0.29, 0.717) is 0 Å². The van der Waals surface area contributed by atoms with Crippen molar-refractivity contribution in [3.63, 3.8) is 0 Å². The predicted octanol–water partition coefficient (Wildman–Crippen LogP) is 4.54. The van der Waals surface area contributed by atoms with Crippen LogP contribution >= 0.6 is 0 Å². The normalized spacial score (nSPS) is 10.2. The van der Waals surface area contributed by atoms with E-state index in [-0.39, 0.29) is 0 Å². The van der Waals surface area contributed by atoms with Crippen LogP contribution in [0.15, 0.2) is 18.3 Å². The molecule has 0 saturated carbocycles. The number of hydrogen-bond donors (Lipinski definition) is 1. The maximum atomic E-state index is 3.28. The summed E-state index contributed by atoms with van der Waals surface area (Å²) in [4.78, 5) is 0. The Balaban J connectivity index is 0. The summed E-state index contributed by atoms with van der Waals surface area (Å²) in [6.45, 7) is 13.0. The summed E-state index contributed by atoms with van der Waals surface area (Å²) >= 11 is 0. The number of aryl methyl sites for hydroxylation is 1. The zero-order valence-corrected chi connectivity index (χ0v) is 12.0. The number of nitrogens with one attached hydrogen (secondary N) is 1. The molecule has 2 nitrogen and oxygen atoms in total. The number of nitrogens with zero attached hydrogens (tertiary/aromatic N) is 1. The first-order chi connectivity index (χ1) is 7.88. The van der Waals surface area contributed by atoms with Gasteiger partial charge in [-0.2, -0.15) is 0 Å². The van der Waals surface area contributed by atoms with Gasteiger partial charge in [-0.1, -0.05) is 47.6 Å². The van der Waals surface area contributed by atoms with Gasteiger partial charge in [-0.3, -0.25) is 0 Å². The molecule has 1 aromatic rings. The summed E-state index contributed by atoms with van der Waals surface area (Å²) < 4.78 is 2.11. The van der Waals surface area contributed by atoms with E-state index in [0.717, 1.165) is 6.54 Å². The third-order valence-corrected chi connectivity index (χ3v) is 1.81. The van der Waals surface area contributed by atoms with Crippen LogP contribution in [0.4, 0.5) is 5.69 Å². The third-order valence-electron chi connectivity index (χ3n) is 1.81. The van der Waals surface area contributed by atoms with Gasteiger partial charge in [0.2, 0.25) is 0 Å². The predicted molar refractivity (Wildman–Crippen MR) is 77.0 cm³/mol. The highest BCUT2D eigenvalue weighted by Crippen LogP contribution is 2.20. The van der Waals surface area contributed by atoms with E-state index in [2.05, 4.69) is 41.3 Å². The van der Waals surface area contributed by atoms with E-state index in [1.807, 2.05) is 41.5 Å². The van der Waals surface area contributed by atoms with Gasteiger partial charge in [0.25, 0.3) is 0 Å². The molecular formula is C14H28N2. The molecule has 0 aliphatic carbocycles. The van der Waals surface area contributed by atoms with Crippen LogP contribution in [-0.2, 0) is 7.05 Å². The molecule has 0 bridgehead atoms. The highest BCUT2D eigenvalue weighted by Gasteiger charge is 2.04. The molecule has 1 aliphatic rings. The van der Waals surface area contributed by atoms with Crippen molar-refractivity contribution in [2.75, 3.05) is 11.9 Å². The Kier molecular flexibility index (Phi) is 12.8. The topological polar surface area (TPSA) is 17.0 Å². The second kappa shape index (κ2) is 11.9. The minimum Gasteiger partial charge on any atom is -0.380 e.